The van der Waals surface area contributed by atoms with E-state index < -0.39 is 28.5 Å². The molecule has 9 heteroatoms. The lowest BCUT2D eigenvalue weighted by Crippen LogP contribution is -2.46. The van der Waals surface area contributed by atoms with Gasteiger partial charge in [0.25, 0.3) is 0 Å². The van der Waals surface area contributed by atoms with Crippen molar-refractivity contribution in [1.82, 2.24) is 9.62 Å². The minimum atomic E-state index is -4.05. The van der Waals surface area contributed by atoms with Gasteiger partial charge < -0.3 is 10.1 Å². The fourth-order valence-corrected chi connectivity index (χ4v) is 3.39. The van der Waals surface area contributed by atoms with Crippen LogP contribution in [0.5, 0.6) is 5.75 Å². The van der Waals surface area contributed by atoms with Crippen molar-refractivity contribution >= 4 is 21.8 Å². The highest BCUT2D eigenvalue weighted by molar-refractivity contribution is 7.90. The summed E-state index contributed by atoms with van der Waals surface area (Å²) in [6, 6.07) is 12.9. The van der Waals surface area contributed by atoms with Crippen LogP contribution in [-0.2, 0) is 15.0 Å². The van der Waals surface area contributed by atoms with E-state index in [0.717, 1.165) is 20.2 Å². The number of halogens is 1. The molecule has 0 saturated carbocycles. The minimum Gasteiger partial charge on any atom is -0.492 e. The fraction of sp³-hybridized carbons (Fsp3) is 0.316. The summed E-state index contributed by atoms with van der Waals surface area (Å²) < 4.78 is 46.4. The van der Waals surface area contributed by atoms with Gasteiger partial charge in [0, 0.05) is 14.1 Å². The molecule has 0 saturated heterocycles. The Balaban J connectivity index is 1.98. The van der Waals surface area contributed by atoms with Crippen molar-refractivity contribution in [3.05, 3.63) is 59.9 Å². The number of carbonyl (C=O) groups is 1. The van der Waals surface area contributed by atoms with E-state index in [4.69, 9.17) is 4.74 Å². The Morgan fingerprint density at radius 1 is 1.11 bits per heavy atom. The van der Waals surface area contributed by atoms with E-state index in [2.05, 4.69) is 5.32 Å². The number of benzene rings is 2. The molecule has 2 rings (SSSR count). The largest absolute Gasteiger partial charge is 0.492 e. The molecule has 152 valence electrons. The SMILES string of the molecule is Cc1ccc(OCCNC(=O)CN(c2ccccc2F)S(=O)(=O)N(C)C)cc1. The molecule has 0 radical (unpaired) electrons. The van der Waals surface area contributed by atoms with Gasteiger partial charge in [-0.25, -0.2) is 8.70 Å². The lowest BCUT2D eigenvalue weighted by molar-refractivity contribution is -0.119. The number of ether oxygens (including phenoxy) is 1. The Morgan fingerprint density at radius 3 is 2.36 bits per heavy atom. The van der Waals surface area contributed by atoms with Crippen LogP contribution in [-0.4, -0.2) is 52.4 Å². The molecule has 0 atom stereocenters. The summed E-state index contributed by atoms with van der Waals surface area (Å²) in [6.07, 6.45) is 0. The molecule has 2 aromatic rings. The quantitative estimate of drug-likeness (QED) is 0.642. The second-order valence-electron chi connectivity index (χ2n) is 6.26. The van der Waals surface area contributed by atoms with Crippen LogP contribution in [0.15, 0.2) is 48.5 Å². The summed E-state index contributed by atoms with van der Waals surface area (Å²) in [5, 5.41) is 2.58. The van der Waals surface area contributed by atoms with Gasteiger partial charge in [-0.05, 0) is 31.2 Å². The maximum Gasteiger partial charge on any atom is 0.304 e. The summed E-state index contributed by atoms with van der Waals surface area (Å²) in [7, 11) is -1.42. The summed E-state index contributed by atoms with van der Waals surface area (Å²) in [5.41, 5.74) is 0.915. The first-order valence-electron chi connectivity index (χ1n) is 8.62. The monoisotopic (exact) mass is 409 g/mol. The number of nitrogens with one attached hydrogen (secondary N) is 1. The van der Waals surface area contributed by atoms with Crippen molar-refractivity contribution in [2.45, 2.75) is 6.92 Å². The molecule has 0 fully saturated rings. The van der Waals surface area contributed by atoms with E-state index in [1.165, 1.54) is 32.3 Å². The van der Waals surface area contributed by atoms with Crippen molar-refractivity contribution in [1.29, 1.82) is 0 Å². The highest BCUT2D eigenvalue weighted by Crippen LogP contribution is 2.22. The second-order valence-corrected chi connectivity index (χ2v) is 8.33. The molecular formula is C19H24FN3O4S. The van der Waals surface area contributed by atoms with E-state index in [-0.39, 0.29) is 18.8 Å². The summed E-state index contributed by atoms with van der Waals surface area (Å²) >= 11 is 0. The predicted molar refractivity (Wildman–Crippen MR) is 106 cm³/mol. The van der Waals surface area contributed by atoms with Crippen LogP contribution < -0.4 is 14.4 Å². The Morgan fingerprint density at radius 2 is 1.75 bits per heavy atom. The van der Waals surface area contributed by atoms with Gasteiger partial charge in [-0.2, -0.15) is 12.7 Å². The van der Waals surface area contributed by atoms with Gasteiger partial charge in [-0.1, -0.05) is 29.8 Å². The van der Waals surface area contributed by atoms with Gasteiger partial charge in [-0.3, -0.25) is 4.79 Å². The van der Waals surface area contributed by atoms with Crippen LogP contribution in [0.2, 0.25) is 0 Å². The van der Waals surface area contributed by atoms with Crippen LogP contribution in [0.4, 0.5) is 10.1 Å². The van der Waals surface area contributed by atoms with Gasteiger partial charge in [0.2, 0.25) is 5.91 Å². The molecule has 0 heterocycles. The average molecular weight is 409 g/mol. The number of hydrogen-bond donors (Lipinski definition) is 1. The topological polar surface area (TPSA) is 79.0 Å². The van der Waals surface area contributed by atoms with Crippen molar-refractivity contribution < 1.29 is 22.3 Å². The second kappa shape index (κ2) is 9.52. The normalized spacial score (nSPS) is 11.3. The highest BCUT2D eigenvalue weighted by atomic mass is 32.2. The predicted octanol–water partition coefficient (Wildman–Crippen LogP) is 1.94. The van der Waals surface area contributed by atoms with Crippen LogP contribution in [0, 0.1) is 12.7 Å². The summed E-state index contributed by atoms with van der Waals surface area (Å²) in [6.45, 7) is 1.81. The van der Waals surface area contributed by atoms with E-state index >= 15 is 0 Å². The molecule has 0 aliphatic heterocycles. The number of hydrogen-bond acceptors (Lipinski definition) is 4. The van der Waals surface area contributed by atoms with Crippen molar-refractivity contribution in [2.24, 2.45) is 0 Å². The molecule has 0 unspecified atom stereocenters. The van der Waals surface area contributed by atoms with Crippen molar-refractivity contribution in [3.8, 4) is 5.75 Å². The molecule has 28 heavy (non-hydrogen) atoms. The smallest absolute Gasteiger partial charge is 0.304 e. The zero-order valence-electron chi connectivity index (χ0n) is 16.1. The number of nitrogens with zero attached hydrogens (tertiary/aromatic N) is 2. The summed E-state index contributed by atoms with van der Waals surface area (Å²) in [4.78, 5) is 12.2. The molecular weight excluding hydrogens is 385 g/mol. The molecule has 1 amide bonds. The Kier molecular flexibility index (Phi) is 7.36. The first-order valence-corrected chi connectivity index (χ1v) is 10.0. The Hall–Kier alpha value is -2.65. The van der Waals surface area contributed by atoms with Crippen molar-refractivity contribution in [3.63, 3.8) is 0 Å². The third-order valence-electron chi connectivity index (χ3n) is 3.86. The third-order valence-corrected chi connectivity index (χ3v) is 5.67. The fourth-order valence-electron chi connectivity index (χ4n) is 2.32. The lowest BCUT2D eigenvalue weighted by Gasteiger charge is -2.27. The van der Waals surface area contributed by atoms with Crippen molar-refractivity contribution in [2.75, 3.05) is 38.1 Å². The first-order chi connectivity index (χ1) is 13.2. The number of amides is 1. The molecule has 1 N–H and O–H groups in total. The van der Waals surface area contributed by atoms with Gasteiger partial charge in [0.05, 0.1) is 12.2 Å². The Labute approximate surface area is 164 Å². The number of rotatable bonds is 9. The molecule has 0 aliphatic carbocycles. The zero-order valence-corrected chi connectivity index (χ0v) is 16.9. The maximum atomic E-state index is 14.1. The van der Waals surface area contributed by atoms with Gasteiger partial charge >= 0.3 is 10.2 Å². The third kappa shape index (κ3) is 5.67. The van der Waals surface area contributed by atoms with Gasteiger partial charge in [0.1, 0.15) is 24.7 Å². The van der Waals surface area contributed by atoms with Crippen LogP contribution in [0.3, 0.4) is 0 Å². The molecule has 7 nitrogen and oxygen atoms in total. The first kappa shape index (κ1) is 21.6. The molecule has 0 bridgehead atoms. The van der Waals surface area contributed by atoms with Gasteiger partial charge in [0.15, 0.2) is 0 Å². The van der Waals surface area contributed by atoms with Crippen LogP contribution in [0.25, 0.3) is 0 Å². The molecule has 0 aromatic heterocycles. The highest BCUT2D eigenvalue weighted by Gasteiger charge is 2.29. The average Bonchev–Trinajstić information content (AvgIpc) is 2.65. The maximum absolute atomic E-state index is 14.1. The molecule has 2 aromatic carbocycles. The van der Waals surface area contributed by atoms with E-state index in [1.807, 2.05) is 31.2 Å². The zero-order chi connectivity index (χ0) is 20.7. The molecule has 0 spiro atoms. The number of anilines is 1. The van der Waals surface area contributed by atoms with Crippen LogP contribution >= 0.6 is 0 Å². The van der Waals surface area contributed by atoms with Crippen LogP contribution in [0.1, 0.15) is 5.56 Å². The standard InChI is InChI=1S/C19H24FN3O4S/c1-15-8-10-16(11-9-15)27-13-12-21-19(24)14-23(28(25,26)22(2)3)18-7-5-4-6-17(18)20/h4-11H,12-14H2,1-3H3,(H,21,24). The van der Waals surface area contributed by atoms with E-state index in [0.29, 0.717) is 5.75 Å². The van der Waals surface area contributed by atoms with E-state index in [1.54, 1.807) is 0 Å². The Bertz CT molecular complexity index is 902. The summed E-state index contributed by atoms with van der Waals surface area (Å²) in [5.74, 6) is -0.632. The number of para-hydroxylation sites is 1. The molecule has 0 aliphatic rings. The lowest BCUT2D eigenvalue weighted by atomic mass is 10.2. The van der Waals surface area contributed by atoms with E-state index in [9.17, 15) is 17.6 Å². The minimum absolute atomic E-state index is 0.180. The number of aryl methyl sites for hydroxylation is 1. The number of carbonyl (C=O) groups excluding carboxylic acids is 1. The van der Waals surface area contributed by atoms with Gasteiger partial charge in [-0.15, -0.1) is 0 Å².